The number of amides is 2. The van der Waals surface area contributed by atoms with Crippen molar-refractivity contribution in [3.05, 3.63) is 65.2 Å². The lowest BCUT2D eigenvalue weighted by Gasteiger charge is -2.16. The summed E-state index contributed by atoms with van der Waals surface area (Å²) in [5.41, 5.74) is 14.2. The topological polar surface area (TPSA) is 144 Å². The van der Waals surface area contributed by atoms with Gasteiger partial charge in [0.05, 0.1) is 17.6 Å². The molecule has 0 atom stereocenters. The van der Waals surface area contributed by atoms with Gasteiger partial charge in [-0.25, -0.2) is 4.98 Å². The number of primary amides is 1. The van der Waals surface area contributed by atoms with Gasteiger partial charge in [-0.15, -0.1) is 0 Å². The number of carbonyl (C=O) groups is 2. The fourth-order valence-corrected chi connectivity index (χ4v) is 2.95. The zero-order valence-electron chi connectivity index (χ0n) is 15.4. The molecule has 8 nitrogen and oxygen atoms in total. The van der Waals surface area contributed by atoms with Gasteiger partial charge in [-0.1, -0.05) is 6.07 Å². The van der Waals surface area contributed by atoms with Gasteiger partial charge in [-0.3, -0.25) is 14.6 Å². The SMILES string of the molecule is Cc1ccc(O)c(C)c1-c1cc(C(=O)Nc2cccnc2)nc(C(N)=O)c1N. The Morgan fingerprint density at radius 2 is 1.93 bits per heavy atom. The van der Waals surface area contributed by atoms with Crippen molar-refractivity contribution in [3.8, 4) is 16.9 Å². The molecule has 3 aromatic rings. The fourth-order valence-electron chi connectivity index (χ4n) is 2.95. The van der Waals surface area contributed by atoms with Gasteiger partial charge in [0, 0.05) is 11.8 Å². The van der Waals surface area contributed by atoms with Crippen LogP contribution in [0.2, 0.25) is 0 Å². The van der Waals surface area contributed by atoms with E-state index in [1.807, 2.05) is 6.92 Å². The van der Waals surface area contributed by atoms with Crippen molar-refractivity contribution in [2.75, 3.05) is 11.1 Å². The summed E-state index contributed by atoms with van der Waals surface area (Å²) in [5, 5.41) is 12.8. The second kappa shape index (κ2) is 7.36. The molecule has 3 rings (SSSR count). The number of pyridine rings is 2. The van der Waals surface area contributed by atoms with Crippen molar-refractivity contribution in [1.29, 1.82) is 0 Å². The van der Waals surface area contributed by atoms with E-state index in [1.165, 1.54) is 12.3 Å². The van der Waals surface area contributed by atoms with Crippen LogP contribution >= 0.6 is 0 Å². The third-order valence-electron chi connectivity index (χ3n) is 4.36. The van der Waals surface area contributed by atoms with Crippen LogP contribution in [0.1, 0.15) is 32.1 Å². The van der Waals surface area contributed by atoms with Crippen LogP contribution in [0.15, 0.2) is 42.7 Å². The van der Waals surface area contributed by atoms with Crippen LogP contribution in [0, 0.1) is 13.8 Å². The summed E-state index contributed by atoms with van der Waals surface area (Å²) in [7, 11) is 0. The average molecular weight is 377 g/mol. The third kappa shape index (κ3) is 3.48. The molecule has 0 aliphatic carbocycles. The van der Waals surface area contributed by atoms with E-state index in [1.54, 1.807) is 37.4 Å². The molecule has 2 amide bonds. The molecule has 0 fully saturated rings. The summed E-state index contributed by atoms with van der Waals surface area (Å²) >= 11 is 0. The molecule has 0 saturated carbocycles. The zero-order chi connectivity index (χ0) is 20.4. The first-order valence-electron chi connectivity index (χ1n) is 8.40. The number of nitrogen functional groups attached to an aromatic ring is 1. The van der Waals surface area contributed by atoms with Crippen molar-refractivity contribution in [1.82, 2.24) is 9.97 Å². The Kier molecular flexibility index (Phi) is 4.95. The normalized spacial score (nSPS) is 10.5. The van der Waals surface area contributed by atoms with Crippen LogP contribution in [-0.4, -0.2) is 26.9 Å². The summed E-state index contributed by atoms with van der Waals surface area (Å²) in [6.45, 7) is 3.55. The van der Waals surface area contributed by atoms with E-state index in [0.717, 1.165) is 5.56 Å². The molecular weight excluding hydrogens is 358 g/mol. The highest BCUT2D eigenvalue weighted by atomic mass is 16.3. The maximum Gasteiger partial charge on any atom is 0.274 e. The molecule has 8 heteroatoms. The number of benzene rings is 1. The van der Waals surface area contributed by atoms with Crippen LogP contribution in [-0.2, 0) is 0 Å². The van der Waals surface area contributed by atoms with Crippen LogP contribution in [0.3, 0.4) is 0 Å². The first-order chi connectivity index (χ1) is 13.3. The van der Waals surface area contributed by atoms with E-state index >= 15 is 0 Å². The van der Waals surface area contributed by atoms with Crippen molar-refractivity contribution in [3.63, 3.8) is 0 Å². The van der Waals surface area contributed by atoms with E-state index in [2.05, 4.69) is 15.3 Å². The Morgan fingerprint density at radius 3 is 2.57 bits per heavy atom. The standard InChI is InChI=1S/C20H19N5O3/c1-10-5-6-15(26)11(2)16(10)13-8-14(25-18(17(13)21)19(22)27)20(28)24-12-4-3-7-23-9-12/h3-9,26H,21H2,1-2H3,(H2,22,27)(H,24,28). The van der Waals surface area contributed by atoms with Crippen LogP contribution in [0.25, 0.3) is 11.1 Å². The molecule has 2 aromatic heterocycles. The van der Waals surface area contributed by atoms with Crippen LogP contribution in [0.5, 0.6) is 5.75 Å². The molecule has 0 saturated heterocycles. The van der Waals surface area contributed by atoms with Gasteiger partial charge in [0.15, 0.2) is 5.69 Å². The highest BCUT2D eigenvalue weighted by molar-refractivity contribution is 6.07. The lowest BCUT2D eigenvalue weighted by molar-refractivity contribution is 0.0996. The van der Waals surface area contributed by atoms with E-state index in [4.69, 9.17) is 11.5 Å². The summed E-state index contributed by atoms with van der Waals surface area (Å²) in [5.74, 6) is -1.34. The van der Waals surface area contributed by atoms with Gasteiger partial charge in [-0.2, -0.15) is 0 Å². The summed E-state index contributed by atoms with van der Waals surface area (Å²) in [4.78, 5) is 32.5. The predicted molar refractivity (Wildman–Crippen MR) is 106 cm³/mol. The monoisotopic (exact) mass is 377 g/mol. The number of hydrogen-bond donors (Lipinski definition) is 4. The second-order valence-electron chi connectivity index (χ2n) is 6.28. The molecule has 2 heterocycles. The number of carbonyl (C=O) groups excluding carboxylic acids is 2. The summed E-state index contributed by atoms with van der Waals surface area (Å²) in [6.07, 6.45) is 3.06. The minimum atomic E-state index is -0.856. The maximum absolute atomic E-state index is 12.7. The molecular formula is C20H19N5O3. The number of aryl methyl sites for hydroxylation is 1. The van der Waals surface area contributed by atoms with Gasteiger partial charge in [-0.05, 0) is 54.8 Å². The number of anilines is 2. The Balaban J connectivity index is 2.18. The molecule has 0 aliphatic rings. The van der Waals surface area contributed by atoms with Crippen molar-refractivity contribution in [2.24, 2.45) is 5.73 Å². The number of nitrogens with one attached hydrogen (secondary N) is 1. The van der Waals surface area contributed by atoms with Gasteiger partial charge in [0.1, 0.15) is 11.4 Å². The maximum atomic E-state index is 12.7. The van der Waals surface area contributed by atoms with Gasteiger partial charge >= 0.3 is 0 Å². The molecule has 0 radical (unpaired) electrons. The minimum Gasteiger partial charge on any atom is -0.508 e. The molecule has 28 heavy (non-hydrogen) atoms. The average Bonchev–Trinajstić information content (AvgIpc) is 2.66. The molecule has 0 aliphatic heterocycles. The number of aromatic nitrogens is 2. The number of phenolic OH excluding ortho intramolecular Hbond substituents is 1. The highest BCUT2D eigenvalue weighted by Gasteiger charge is 2.21. The van der Waals surface area contributed by atoms with E-state index in [-0.39, 0.29) is 22.8 Å². The summed E-state index contributed by atoms with van der Waals surface area (Å²) in [6, 6.07) is 8.10. The van der Waals surface area contributed by atoms with Crippen molar-refractivity contribution >= 4 is 23.2 Å². The van der Waals surface area contributed by atoms with Crippen molar-refractivity contribution in [2.45, 2.75) is 13.8 Å². The molecule has 0 unspecified atom stereocenters. The second-order valence-corrected chi connectivity index (χ2v) is 6.28. The Morgan fingerprint density at radius 1 is 1.18 bits per heavy atom. The van der Waals surface area contributed by atoms with Gasteiger partial charge in [0.25, 0.3) is 11.8 Å². The zero-order valence-corrected chi connectivity index (χ0v) is 15.4. The number of hydrogen-bond acceptors (Lipinski definition) is 6. The number of nitrogens with zero attached hydrogens (tertiary/aromatic N) is 2. The van der Waals surface area contributed by atoms with Gasteiger partial charge in [0.2, 0.25) is 0 Å². The largest absolute Gasteiger partial charge is 0.508 e. The first-order valence-corrected chi connectivity index (χ1v) is 8.40. The number of phenols is 1. The predicted octanol–water partition coefficient (Wildman–Crippen LogP) is 2.40. The quantitative estimate of drug-likeness (QED) is 0.549. The Hall–Kier alpha value is -3.94. The molecule has 142 valence electrons. The van der Waals surface area contributed by atoms with Gasteiger partial charge < -0.3 is 21.9 Å². The molecule has 6 N–H and O–H groups in total. The minimum absolute atomic E-state index is 0.0380. The number of nitrogens with two attached hydrogens (primary N) is 2. The van der Waals surface area contributed by atoms with E-state index in [0.29, 0.717) is 22.4 Å². The van der Waals surface area contributed by atoms with Crippen LogP contribution < -0.4 is 16.8 Å². The Bertz CT molecular complexity index is 1080. The van der Waals surface area contributed by atoms with Crippen LogP contribution in [0.4, 0.5) is 11.4 Å². The van der Waals surface area contributed by atoms with Crippen molar-refractivity contribution < 1.29 is 14.7 Å². The molecule has 0 spiro atoms. The number of aromatic hydroxyl groups is 1. The lowest BCUT2D eigenvalue weighted by atomic mass is 9.93. The molecule has 0 bridgehead atoms. The van der Waals surface area contributed by atoms with E-state index in [9.17, 15) is 14.7 Å². The fraction of sp³-hybridized carbons (Fsp3) is 0.100. The first kappa shape index (κ1) is 18.8. The highest BCUT2D eigenvalue weighted by Crippen LogP contribution is 2.37. The lowest BCUT2D eigenvalue weighted by Crippen LogP contribution is -2.21. The smallest absolute Gasteiger partial charge is 0.274 e. The molecule has 1 aromatic carbocycles. The summed E-state index contributed by atoms with van der Waals surface area (Å²) < 4.78 is 0. The van der Waals surface area contributed by atoms with E-state index < -0.39 is 11.8 Å². The number of rotatable bonds is 4. The third-order valence-corrected chi connectivity index (χ3v) is 4.36. The Labute approximate surface area is 161 Å².